The van der Waals surface area contributed by atoms with Gasteiger partial charge in [0.15, 0.2) is 9.84 Å². The normalized spacial score (nSPS) is 22.5. The van der Waals surface area contributed by atoms with E-state index in [0.29, 0.717) is 13.0 Å². The highest BCUT2D eigenvalue weighted by Gasteiger charge is 2.31. The summed E-state index contributed by atoms with van der Waals surface area (Å²) in [5.74, 6) is 0.513. The van der Waals surface area contributed by atoms with Crippen LogP contribution in [0.2, 0.25) is 0 Å². The molecule has 0 spiro atoms. The van der Waals surface area contributed by atoms with Gasteiger partial charge in [0.05, 0.1) is 23.2 Å². The van der Waals surface area contributed by atoms with Crippen molar-refractivity contribution in [3.05, 3.63) is 17.0 Å². The van der Waals surface area contributed by atoms with Gasteiger partial charge in [-0.3, -0.25) is 4.68 Å². The van der Waals surface area contributed by atoms with Crippen molar-refractivity contribution in [2.75, 3.05) is 18.1 Å². The SMILES string of the molecule is Cc1nn(C2CCS(=O)(=O)C2)c(C)c1CCCN. The van der Waals surface area contributed by atoms with E-state index in [0.717, 1.165) is 24.2 Å². The van der Waals surface area contributed by atoms with Gasteiger partial charge in [0.1, 0.15) is 0 Å². The third kappa shape index (κ3) is 2.59. The molecule has 0 aliphatic carbocycles. The minimum Gasteiger partial charge on any atom is -0.330 e. The highest BCUT2D eigenvalue weighted by molar-refractivity contribution is 7.91. The van der Waals surface area contributed by atoms with Crippen molar-refractivity contribution in [2.24, 2.45) is 5.73 Å². The Kier molecular flexibility index (Phi) is 3.77. The molecular weight excluding hydrogens is 250 g/mol. The summed E-state index contributed by atoms with van der Waals surface area (Å²) < 4.78 is 25.0. The van der Waals surface area contributed by atoms with Crippen LogP contribution in [-0.4, -0.2) is 36.2 Å². The predicted molar refractivity (Wildman–Crippen MR) is 71.4 cm³/mol. The fourth-order valence-electron chi connectivity index (χ4n) is 2.66. The van der Waals surface area contributed by atoms with Crippen molar-refractivity contribution in [1.29, 1.82) is 0 Å². The third-order valence-electron chi connectivity index (χ3n) is 3.66. The van der Waals surface area contributed by atoms with Crippen LogP contribution < -0.4 is 5.73 Å². The second-order valence-corrected chi connectivity index (χ2v) is 7.27. The van der Waals surface area contributed by atoms with Crippen LogP contribution in [0, 0.1) is 13.8 Å². The fraction of sp³-hybridized carbons (Fsp3) is 0.750. The van der Waals surface area contributed by atoms with Crippen LogP contribution >= 0.6 is 0 Å². The van der Waals surface area contributed by atoms with Gasteiger partial charge in [0.25, 0.3) is 0 Å². The molecule has 0 saturated carbocycles. The molecule has 0 radical (unpaired) electrons. The Morgan fingerprint density at radius 1 is 1.44 bits per heavy atom. The second kappa shape index (κ2) is 5.01. The van der Waals surface area contributed by atoms with Crippen molar-refractivity contribution in [1.82, 2.24) is 9.78 Å². The molecule has 6 heteroatoms. The number of nitrogens with zero attached hydrogens (tertiary/aromatic N) is 2. The largest absolute Gasteiger partial charge is 0.330 e. The summed E-state index contributed by atoms with van der Waals surface area (Å²) in [6.45, 7) is 4.68. The van der Waals surface area contributed by atoms with Crippen LogP contribution in [0.5, 0.6) is 0 Å². The monoisotopic (exact) mass is 271 g/mol. The summed E-state index contributed by atoms with van der Waals surface area (Å²) in [5.41, 5.74) is 8.87. The molecule has 0 amide bonds. The molecule has 2 N–H and O–H groups in total. The Bertz CT molecular complexity index is 534. The van der Waals surface area contributed by atoms with Crippen molar-refractivity contribution in [3.63, 3.8) is 0 Å². The van der Waals surface area contributed by atoms with Crippen LogP contribution in [0.25, 0.3) is 0 Å². The van der Waals surface area contributed by atoms with E-state index >= 15 is 0 Å². The van der Waals surface area contributed by atoms with E-state index in [1.807, 2.05) is 18.5 Å². The number of hydrogen-bond donors (Lipinski definition) is 1. The van der Waals surface area contributed by atoms with Gasteiger partial charge in [-0.25, -0.2) is 8.42 Å². The van der Waals surface area contributed by atoms with Crippen LogP contribution in [0.4, 0.5) is 0 Å². The molecule has 1 saturated heterocycles. The highest BCUT2D eigenvalue weighted by Crippen LogP contribution is 2.27. The van der Waals surface area contributed by atoms with E-state index < -0.39 is 9.84 Å². The average molecular weight is 271 g/mol. The van der Waals surface area contributed by atoms with Gasteiger partial charge >= 0.3 is 0 Å². The molecular formula is C12H21N3O2S. The van der Waals surface area contributed by atoms with Crippen LogP contribution in [0.3, 0.4) is 0 Å². The van der Waals surface area contributed by atoms with E-state index in [1.165, 1.54) is 5.56 Å². The molecule has 2 rings (SSSR count). The summed E-state index contributed by atoms with van der Waals surface area (Å²) >= 11 is 0. The molecule has 0 bridgehead atoms. The van der Waals surface area contributed by atoms with Crippen molar-refractivity contribution in [3.8, 4) is 0 Å². The molecule has 18 heavy (non-hydrogen) atoms. The number of aromatic nitrogens is 2. The summed E-state index contributed by atoms with van der Waals surface area (Å²) in [6.07, 6.45) is 2.55. The zero-order valence-corrected chi connectivity index (χ0v) is 11.8. The lowest BCUT2D eigenvalue weighted by Gasteiger charge is -2.11. The molecule has 1 atom stereocenters. The highest BCUT2D eigenvalue weighted by atomic mass is 32.2. The molecule has 0 aromatic carbocycles. The van der Waals surface area contributed by atoms with Crippen molar-refractivity contribution < 1.29 is 8.42 Å². The first kappa shape index (κ1) is 13.5. The second-order valence-electron chi connectivity index (χ2n) is 5.04. The van der Waals surface area contributed by atoms with Crippen molar-refractivity contribution >= 4 is 9.84 Å². The topological polar surface area (TPSA) is 78.0 Å². The summed E-state index contributed by atoms with van der Waals surface area (Å²) in [4.78, 5) is 0. The smallest absolute Gasteiger partial charge is 0.152 e. The Hall–Kier alpha value is -0.880. The maximum atomic E-state index is 11.5. The number of nitrogens with two attached hydrogens (primary N) is 1. The van der Waals surface area contributed by atoms with E-state index in [4.69, 9.17) is 5.73 Å². The fourth-order valence-corrected chi connectivity index (χ4v) is 4.35. The van der Waals surface area contributed by atoms with Gasteiger partial charge < -0.3 is 5.73 Å². The molecule has 1 unspecified atom stereocenters. The van der Waals surface area contributed by atoms with Gasteiger partial charge in [0.2, 0.25) is 0 Å². The molecule has 1 aromatic rings. The first-order valence-corrected chi connectivity index (χ1v) is 8.22. The molecule has 1 aliphatic rings. The van der Waals surface area contributed by atoms with E-state index in [1.54, 1.807) is 0 Å². The number of rotatable bonds is 4. The average Bonchev–Trinajstić information content (AvgIpc) is 2.78. The molecule has 2 heterocycles. The van der Waals surface area contributed by atoms with Gasteiger partial charge in [-0.2, -0.15) is 5.10 Å². The van der Waals surface area contributed by atoms with Crippen LogP contribution in [-0.2, 0) is 16.3 Å². The number of hydrogen-bond acceptors (Lipinski definition) is 4. The molecule has 5 nitrogen and oxygen atoms in total. The molecule has 1 aliphatic heterocycles. The minimum absolute atomic E-state index is 0.0142. The lowest BCUT2D eigenvalue weighted by atomic mass is 10.1. The lowest BCUT2D eigenvalue weighted by Crippen LogP contribution is -2.14. The van der Waals surface area contributed by atoms with Gasteiger partial charge in [-0.15, -0.1) is 0 Å². The molecule has 102 valence electrons. The van der Waals surface area contributed by atoms with Crippen LogP contribution in [0.15, 0.2) is 0 Å². The first-order valence-electron chi connectivity index (χ1n) is 6.39. The minimum atomic E-state index is -2.86. The Morgan fingerprint density at radius 3 is 2.72 bits per heavy atom. The summed E-state index contributed by atoms with van der Waals surface area (Å²) in [7, 11) is -2.86. The number of aryl methyl sites for hydroxylation is 1. The predicted octanol–water partition coefficient (Wildman–Crippen LogP) is 0.751. The molecule has 1 aromatic heterocycles. The Morgan fingerprint density at radius 2 is 2.17 bits per heavy atom. The van der Waals surface area contributed by atoms with Gasteiger partial charge in [-0.1, -0.05) is 0 Å². The van der Waals surface area contributed by atoms with E-state index in [2.05, 4.69) is 5.10 Å². The van der Waals surface area contributed by atoms with E-state index in [-0.39, 0.29) is 17.5 Å². The van der Waals surface area contributed by atoms with Gasteiger partial charge in [0, 0.05) is 5.69 Å². The zero-order valence-electron chi connectivity index (χ0n) is 11.0. The third-order valence-corrected chi connectivity index (χ3v) is 5.41. The maximum absolute atomic E-state index is 11.5. The quantitative estimate of drug-likeness (QED) is 0.876. The summed E-state index contributed by atoms with van der Waals surface area (Å²) in [5, 5.41) is 4.52. The Balaban J connectivity index is 2.25. The molecule has 1 fully saturated rings. The van der Waals surface area contributed by atoms with Gasteiger partial charge in [-0.05, 0) is 45.2 Å². The van der Waals surface area contributed by atoms with Crippen LogP contribution in [0.1, 0.15) is 35.8 Å². The first-order chi connectivity index (χ1) is 8.44. The lowest BCUT2D eigenvalue weighted by molar-refractivity contribution is 0.485. The Labute approximate surface area is 108 Å². The van der Waals surface area contributed by atoms with E-state index in [9.17, 15) is 8.42 Å². The number of sulfone groups is 1. The maximum Gasteiger partial charge on any atom is 0.152 e. The van der Waals surface area contributed by atoms with Crippen molar-refractivity contribution in [2.45, 2.75) is 39.2 Å². The standard InChI is InChI=1S/C12H21N3O2S/c1-9-12(4-3-6-13)10(2)15(14-9)11-5-7-18(16,17)8-11/h11H,3-8,13H2,1-2H3. The summed E-state index contributed by atoms with van der Waals surface area (Å²) in [6, 6.07) is 0.0142. The zero-order chi connectivity index (χ0) is 13.3.